The van der Waals surface area contributed by atoms with Crippen molar-refractivity contribution in [1.82, 2.24) is 4.90 Å². The van der Waals surface area contributed by atoms with Crippen LogP contribution >= 0.6 is 12.2 Å². The Labute approximate surface area is 115 Å². The molecular weight excluding hydrogens is 248 g/mol. The standard InChI is InChI=1S/C13H24N2O2S/c1-3-6-11(12(14)18)13(16)15(4-2)9-10-7-5-8-17-10/h10-11H,3-9H2,1-2H3,(H2,14,18). The molecule has 0 bridgehead atoms. The van der Waals surface area contributed by atoms with Gasteiger partial charge in [0, 0.05) is 19.7 Å². The molecule has 1 saturated heterocycles. The fraction of sp³-hybridized carbons (Fsp3) is 0.846. The van der Waals surface area contributed by atoms with E-state index in [0.717, 1.165) is 32.3 Å². The van der Waals surface area contributed by atoms with Crippen molar-refractivity contribution in [3.63, 3.8) is 0 Å². The van der Waals surface area contributed by atoms with Crippen LogP contribution in [0.2, 0.25) is 0 Å². The van der Waals surface area contributed by atoms with Crippen LogP contribution in [-0.4, -0.2) is 41.6 Å². The van der Waals surface area contributed by atoms with Gasteiger partial charge in [0.05, 0.1) is 17.0 Å². The normalized spacial score (nSPS) is 20.7. The maximum atomic E-state index is 12.4. The Balaban J connectivity index is 2.60. The Morgan fingerprint density at radius 1 is 1.56 bits per heavy atom. The molecule has 1 aliphatic heterocycles. The number of rotatable bonds is 7. The van der Waals surface area contributed by atoms with Crippen molar-refractivity contribution in [3.05, 3.63) is 0 Å². The number of likely N-dealkylation sites (N-methyl/N-ethyl adjacent to an activating group) is 1. The van der Waals surface area contributed by atoms with Crippen molar-refractivity contribution in [2.45, 2.75) is 45.6 Å². The summed E-state index contributed by atoms with van der Waals surface area (Å²) in [5.41, 5.74) is 5.68. The van der Waals surface area contributed by atoms with E-state index in [4.69, 9.17) is 22.7 Å². The third kappa shape index (κ3) is 4.21. The van der Waals surface area contributed by atoms with E-state index in [1.54, 1.807) is 0 Å². The van der Waals surface area contributed by atoms with Crippen LogP contribution in [0.4, 0.5) is 0 Å². The summed E-state index contributed by atoms with van der Waals surface area (Å²) in [4.78, 5) is 14.5. The monoisotopic (exact) mass is 272 g/mol. The van der Waals surface area contributed by atoms with Crippen molar-refractivity contribution in [1.29, 1.82) is 0 Å². The molecule has 104 valence electrons. The minimum absolute atomic E-state index is 0.0577. The number of thiocarbonyl (C=S) groups is 1. The Morgan fingerprint density at radius 2 is 2.28 bits per heavy atom. The molecule has 1 fully saturated rings. The number of carbonyl (C=O) groups is 1. The summed E-state index contributed by atoms with van der Waals surface area (Å²) in [7, 11) is 0. The first-order valence-corrected chi connectivity index (χ1v) is 7.20. The van der Waals surface area contributed by atoms with E-state index < -0.39 is 0 Å². The third-order valence-corrected chi connectivity index (χ3v) is 3.64. The number of hydrogen-bond donors (Lipinski definition) is 1. The number of hydrogen-bond acceptors (Lipinski definition) is 3. The van der Waals surface area contributed by atoms with Crippen LogP contribution in [-0.2, 0) is 9.53 Å². The van der Waals surface area contributed by atoms with Gasteiger partial charge in [-0.25, -0.2) is 0 Å². The van der Waals surface area contributed by atoms with Crippen LogP contribution in [0.25, 0.3) is 0 Å². The molecule has 1 aliphatic rings. The molecule has 5 heteroatoms. The zero-order valence-electron chi connectivity index (χ0n) is 11.4. The predicted octanol–water partition coefficient (Wildman–Crippen LogP) is 1.72. The molecule has 4 nitrogen and oxygen atoms in total. The van der Waals surface area contributed by atoms with Gasteiger partial charge in [-0.15, -0.1) is 0 Å². The van der Waals surface area contributed by atoms with Gasteiger partial charge in [0.15, 0.2) is 0 Å². The number of amides is 1. The lowest BCUT2D eigenvalue weighted by atomic mass is 10.0. The molecule has 0 aromatic rings. The minimum atomic E-state index is -0.314. The first kappa shape index (κ1) is 15.4. The molecule has 18 heavy (non-hydrogen) atoms. The maximum absolute atomic E-state index is 12.4. The molecule has 2 N–H and O–H groups in total. The van der Waals surface area contributed by atoms with Crippen molar-refractivity contribution in [2.24, 2.45) is 11.7 Å². The SMILES string of the molecule is CCCC(C(=O)N(CC)CC1CCCO1)C(N)=S. The van der Waals surface area contributed by atoms with Gasteiger partial charge in [-0.2, -0.15) is 0 Å². The van der Waals surface area contributed by atoms with E-state index in [1.807, 2.05) is 18.7 Å². The molecular formula is C13H24N2O2S. The summed E-state index contributed by atoms with van der Waals surface area (Å²) in [6, 6.07) is 0. The Kier molecular flexibility index (Phi) is 6.57. The molecule has 2 atom stereocenters. The van der Waals surface area contributed by atoms with E-state index in [1.165, 1.54) is 0 Å². The van der Waals surface area contributed by atoms with Gasteiger partial charge < -0.3 is 15.4 Å². The highest BCUT2D eigenvalue weighted by Gasteiger charge is 2.28. The molecule has 0 aliphatic carbocycles. The average molecular weight is 272 g/mol. The lowest BCUT2D eigenvalue weighted by Gasteiger charge is -2.27. The van der Waals surface area contributed by atoms with Crippen molar-refractivity contribution < 1.29 is 9.53 Å². The molecule has 0 aromatic heterocycles. The second kappa shape index (κ2) is 7.69. The highest BCUT2D eigenvalue weighted by Crippen LogP contribution is 2.16. The van der Waals surface area contributed by atoms with Gasteiger partial charge in [-0.3, -0.25) is 4.79 Å². The van der Waals surface area contributed by atoms with Gasteiger partial charge >= 0.3 is 0 Å². The molecule has 1 heterocycles. The van der Waals surface area contributed by atoms with Gasteiger partial charge in [0.25, 0.3) is 0 Å². The van der Waals surface area contributed by atoms with Gasteiger partial charge in [-0.1, -0.05) is 25.6 Å². The predicted molar refractivity (Wildman–Crippen MR) is 76.4 cm³/mol. The second-order valence-electron chi connectivity index (χ2n) is 4.76. The molecule has 0 saturated carbocycles. The van der Waals surface area contributed by atoms with Crippen LogP contribution in [0.3, 0.4) is 0 Å². The summed E-state index contributed by atoms with van der Waals surface area (Å²) in [5, 5.41) is 0. The summed E-state index contributed by atoms with van der Waals surface area (Å²) in [5.74, 6) is -0.256. The van der Waals surface area contributed by atoms with Crippen LogP contribution in [0.15, 0.2) is 0 Å². The van der Waals surface area contributed by atoms with E-state index in [2.05, 4.69) is 0 Å². The van der Waals surface area contributed by atoms with Crippen LogP contribution in [0.5, 0.6) is 0 Å². The van der Waals surface area contributed by atoms with Gasteiger partial charge in [0.2, 0.25) is 5.91 Å². The molecule has 0 radical (unpaired) electrons. The van der Waals surface area contributed by atoms with Gasteiger partial charge in [0.1, 0.15) is 0 Å². The van der Waals surface area contributed by atoms with Crippen LogP contribution in [0.1, 0.15) is 39.5 Å². The average Bonchev–Trinajstić information content (AvgIpc) is 2.84. The van der Waals surface area contributed by atoms with E-state index in [0.29, 0.717) is 18.1 Å². The molecule has 1 amide bonds. The first-order valence-electron chi connectivity index (χ1n) is 6.79. The number of nitrogens with zero attached hydrogens (tertiary/aromatic N) is 1. The van der Waals surface area contributed by atoms with Crippen molar-refractivity contribution in [3.8, 4) is 0 Å². The molecule has 0 aromatic carbocycles. The van der Waals surface area contributed by atoms with E-state index in [-0.39, 0.29) is 17.9 Å². The fourth-order valence-electron chi connectivity index (χ4n) is 2.31. The van der Waals surface area contributed by atoms with Crippen LogP contribution in [0, 0.1) is 5.92 Å². The highest BCUT2D eigenvalue weighted by molar-refractivity contribution is 7.80. The fourth-order valence-corrected chi connectivity index (χ4v) is 2.52. The Bertz CT molecular complexity index is 291. The maximum Gasteiger partial charge on any atom is 0.232 e. The van der Waals surface area contributed by atoms with Crippen LogP contribution < -0.4 is 5.73 Å². The lowest BCUT2D eigenvalue weighted by molar-refractivity contribution is -0.134. The smallest absolute Gasteiger partial charge is 0.232 e. The van der Waals surface area contributed by atoms with Crippen molar-refractivity contribution in [2.75, 3.05) is 19.7 Å². The Morgan fingerprint density at radius 3 is 2.72 bits per heavy atom. The lowest BCUT2D eigenvalue weighted by Crippen LogP contribution is -2.44. The summed E-state index contributed by atoms with van der Waals surface area (Å²) in [6.45, 7) is 6.17. The van der Waals surface area contributed by atoms with E-state index in [9.17, 15) is 4.79 Å². The first-order chi connectivity index (χ1) is 8.60. The van der Waals surface area contributed by atoms with Gasteiger partial charge in [-0.05, 0) is 26.2 Å². The zero-order chi connectivity index (χ0) is 13.5. The number of nitrogens with two attached hydrogens (primary N) is 1. The topological polar surface area (TPSA) is 55.6 Å². The van der Waals surface area contributed by atoms with Crippen molar-refractivity contribution >= 4 is 23.1 Å². The third-order valence-electron chi connectivity index (χ3n) is 3.36. The summed E-state index contributed by atoms with van der Waals surface area (Å²) in [6.07, 6.45) is 3.95. The zero-order valence-corrected chi connectivity index (χ0v) is 12.2. The highest BCUT2D eigenvalue weighted by atomic mass is 32.1. The number of carbonyl (C=O) groups excluding carboxylic acids is 1. The summed E-state index contributed by atoms with van der Waals surface area (Å²) < 4.78 is 5.58. The molecule has 2 unspecified atom stereocenters. The minimum Gasteiger partial charge on any atom is -0.393 e. The second-order valence-corrected chi connectivity index (χ2v) is 5.23. The number of ether oxygens (including phenoxy) is 1. The summed E-state index contributed by atoms with van der Waals surface area (Å²) >= 11 is 5.01. The quantitative estimate of drug-likeness (QED) is 0.717. The molecule has 0 spiro atoms. The van der Waals surface area contributed by atoms with E-state index >= 15 is 0 Å². The largest absolute Gasteiger partial charge is 0.393 e. The molecule has 1 rings (SSSR count). The Hall–Kier alpha value is -0.680.